The van der Waals surface area contributed by atoms with E-state index in [1.54, 1.807) is 72.8 Å². The van der Waals surface area contributed by atoms with Gasteiger partial charge >= 0.3 is 0 Å². The van der Waals surface area contributed by atoms with Crippen LogP contribution < -0.4 is 0 Å². The fourth-order valence-corrected chi connectivity index (χ4v) is 6.69. The van der Waals surface area contributed by atoms with Gasteiger partial charge in [0.2, 0.25) is 11.8 Å². The van der Waals surface area contributed by atoms with Crippen LogP contribution in [0.4, 0.5) is 0 Å². The van der Waals surface area contributed by atoms with E-state index in [2.05, 4.69) is 9.97 Å². The smallest absolute Gasteiger partial charge is 0.279 e. The Balaban J connectivity index is 1.38. The first-order valence-electron chi connectivity index (χ1n) is 11.2. The molecule has 1 aliphatic rings. The second-order valence-electron chi connectivity index (χ2n) is 8.07. The van der Waals surface area contributed by atoms with E-state index in [-0.39, 0.29) is 38.0 Å². The van der Waals surface area contributed by atoms with Crippen molar-refractivity contribution in [2.75, 3.05) is 26.2 Å². The number of rotatable bonds is 6. The summed E-state index contributed by atoms with van der Waals surface area (Å²) < 4.78 is 66.2. The highest BCUT2D eigenvalue weighted by Crippen LogP contribution is 2.30. The molecule has 3 heterocycles. The van der Waals surface area contributed by atoms with Gasteiger partial charge in [-0.1, -0.05) is 36.4 Å². The van der Waals surface area contributed by atoms with E-state index < -0.39 is 41.6 Å². The zero-order valence-corrected chi connectivity index (χ0v) is 21.2. The number of aromatic nitrogens is 2. The number of benzene rings is 2. The van der Waals surface area contributed by atoms with E-state index in [1.807, 2.05) is 0 Å². The number of hydrogen-bond donors (Lipinski definition) is 0. The molecule has 1 aliphatic heterocycles. The number of nitrogens with zero attached hydrogens (tertiary/aromatic N) is 6. The molecule has 1 saturated heterocycles. The molecule has 0 atom stereocenters. The summed E-state index contributed by atoms with van der Waals surface area (Å²) in [4.78, 5) is 8.02. The molecular formula is C24H18N6O6S2. The molecule has 2 aromatic carbocycles. The molecule has 0 bridgehead atoms. The van der Waals surface area contributed by atoms with Gasteiger partial charge in [0.1, 0.15) is 12.1 Å². The molecule has 0 radical (unpaired) electrons. The maximum atomic E-state index is 13.3. The van der Waals surface area contributed by atoms with Crippen molar-refractivity contribution < 1.29 is 25.7 Å². The number of sulfonamides is 2. The topological polar surface area (TPSA) is 174 Å². The van der Waals surface area contributed by atoms with Crippen molar-refractivity contribution in [3.8, 4) is 35.0 Å². The van der Waals surface area contributed by atoms with E-state index in [4.69, 9.17) is 8.83 Å². The fraction of sp³-hybridized carbons (Fsp3) is 0.167. The van der Waals surface area contributed by atoms with Crippen LogP contribution in [0.2, 0.25) is 0 Å². The fourth-order valence-electron chi connectivity index (χ4n) is 3.90. The molecule has 0 unspecified atom stereocenters. The van der Waals surface area contributed by atoms with Gasteiger partial charge in [0.25, 0.3) is 30.2 Å². The van der Waals surface area contributed by atoms with Gasteiger partial charge in [-0.2, -0.15) is 29.1 Å². The van der Waals surface area contributed by atoms with E-state index in [9.17, 15) is 27.4 Å². The third-order valence-corrected chi connectivity index (χ3v) is 9.37. The van der Waals surface area contributed by atoms with Gasteiger partial charge in [-0.3, -0.25) is 0 Å². The Kier molecular flexibility index (Phi) is 6.56. The second kappa shape index (κ2) is 9.85. The zero-order chi connectivity index (χ0) is 26.9. The van der Waals surface area contributed by atoms with Gasteiger partial charge in [0, 0.05) is 37.3 Å². The summed E-state index contributed by atoms with van der Waals surface area (Å²) in [5.74, 6) is -0.0453. The first kappa shape index (κ1) is 25.3. The maximum Gasteiger partial charge on any atom is 0.279 e. The monoisotopic (exact) mass is 550 g/mol. The van der Waals surface area contributed by atoms with E-state index in [0.717, 1.165) is 8.61 Å². The zero-order valence-electron chi connectivity index (χ0n) is 19.6. The normalized spacial score (nSPS) is 15.1. The Morgan fingerprint density at radius 2 is 0.974 bits per heavy atom. The third-order valence-electron chi connectivity index (χ3n) is 5.79. The van der Waals surface area contributed by atoms with Crippen molar-refractivity contribution in [3.05, 3.63) is 72.1 Å². The quantitative estimate of drug-likeness (QED) is 0.347. The Hall–Kier alpha value is -4.34. The standard InChI is InChI=1S/C24H18N6O6S2/c25-15-19-23(35-21(27-19)17-7-3-1-4-8-17)37(31,32)29-11-13-30(14-12-29)38(33,34)24-20(16-26)28-22(36-24)18-9-5-2-6-10-18/h1-10H,11-14H2. The summed E-state index contributed by atoms with van der Waals surface area (Å²) in [7, 11) is -8.60. The van der Waals surface area contributed by atoms with E-state index in [0.29, 0.717) is 11.1 Å². The van der Waals surface area contributed by atoms with Crippen LogP contribution in [0.25, 0.3) is 22.9 Å². The average Bonchev–Trinajstić information content (AvgIpc) is 3.60. The Bertz CT molecular complexity index is 1640. The Morgan fingerprint density at radius 1 is 0.632 bits per heavy atom. The molecule has 5 rings (SSSR count). The summed E-state index contributed by atoms with van der Waals surface area (Å²) in [6.45, 7) is -0.907. The lowest BCUT2D eigenvalue weighted by Gasteiger charge is -2.31. The number of oxazole rings is 2. The summed E-state index contributed by atoms with van der Waals surface area (Å²) >= 11 is 0. The van der Waals surface area contributed by atoms with Crippen LogP contribution in [0, 0.1) is 22.7 Å². The first-order chi connectivity index (χ1) is 18.3. The molecule has 1 fully saturated rings. The summed E-state index contributed by atoms with van der Waals surface area (Å²) in [5, 5.41) is 17.7. The third kappa shape index (κ3) is 4.46. The van der Waals surface area contributed by atoms with Crippen molar-refractivity contribution in [1.29, 1.82) is 10.5 Å². The highest BCUT2D eigenvalue weighted by Gasteiger charge is 2.40. The summed E-state index contributed by atoms with van der Waals surface area (Å²) in [6.07, 6.45) is 0. The molecule has 0 amide bonds. The van der Waals surface area contributed by atoms with Crippen molar-refractivity contribution in [3.63, 3.8) is 0 Å². The molecule has 12 nitrogen and oxygen atoms in total. The molecule has 0 saturated carbocycles. The van der Waals surface area contributed by atoms with Crippen molar-refractivity contribution in [2.45, 2.75) is 10.2 Å². The SMILES string of the molecule is N#Cc1nc(-c2ccccc2)oc1S(=O)(=O)N1CCN(S(=O)(=O)c2oc(-c3ccccc3)nc2C#N)CC1. The lowest BCUT2D eigenvalue weighted by Crippen LogP contribution is -2.50. The van der Waals surface area contributed by atoms with E-state index >= 15 is 0 Å². The van der Waals surface area contributed by atoms with Gasteiger partial charge in [-0.25, -0.2) is 16.8 Å². The molecule has 0 spiro atoms. The molecule has 0 N–H and O–H groups in total. The van der Waals surface area contributed by atoms with Crippen LogP contribution in [0.5, 0.6) is 0 Å². The predicted octanol–water partition coefficient (Wildman–Crippen LogP) is 2.44. The molecule has 4 aromatic rings. The predicted molar refractivity (Wildman–Crippen MR) is 131 cm³/mol. The highest BCUT2D eigenvalue weighted by molar-refractivity contribution is 7.89. The molecule has 2 aromatic heterocycles. The van der Waals surface area contributed by atoms with Crippen LogP contribution in [0.15, 0.2) is 79.7 Å². The van der Waals surface area contributed by atoms with Gasteiger partial charge in [-0.05, 0) is 24.3 Å². The van der Waals surface area contributed by atoms with Crippen molar-refractivity contribution in [2.24, 2.45) is 0 Å². The summed E-state index contributed by atoms with van der Waals surface area (Å²) in [5.41, 5.74) is 0.202. The van der Waals surface area contributed by atoms with Gasteiger partial charge in [-0.15, -0.1) is 0 Å². The minimum atomic E-state index is -4.30. The lowest BCUT2D eigenvalue weighted by molar-refractivity contribution is 0.263. The minimum Gasteiger partial charge on any atom is -0.422 e. The molecular weight excluding hydrogens is 532 g/mol. The molecule has 0 aliphatic carbocycles. The first-order valence-corrected chi connectivity index (χ1v) is 14.1. The Morgan fingerprint density at radius 3 is 1.29 bits per heavy atom. The lowest BCUT2D eigenvalue weighted by atomic mass is 10.2. The van der Waals surface area contributed by atoms with Crippen molar-refractivity contribution >= 4 is 20.0 Å². The average molecular weight is 551 g/mol. The molecule has 192 valence electrons. The number of nitriles is 2. The van der Waals surface area contributed by atoms with Crippen molar-refractivity contribution in [1.82, 2.24) is 18.6 Å². The maximum absolute atomic E-state index is 13.3. The van der Waals surface area contributed by atoms with Gasteiger partial charge < -0.3 is 8.83 Å². The number of piperazine rings is 1. The van der Waals surface area contributed by atoms with Gasteiger partial charge in [0.05, 0.1) is 0 Å². The number of hydrogen-bond acceptors (Lipinski definition) is 10. The molecule has 14 heteroatoms. The Labute approximate surface area is 218 Å². The second-order valence-corrected chi connectivity index (χ2v) is 11.7. The van der Waals surface area contributed by atoms with Crippen LogP contribution >= 0.6 is 0 Å². The largest absolute Gasteiger partial charge is 0.422 e. The highest BCUT2D eigenvalue weighted by atomic mass is 32.2. The summed E-state index contributed by atoms with van der Waals surface area (Å²) in [6, 6.07) is 20.5. The van der Waals surface area contributed by atoms with Crippen LogP contribution in [-0.4, -0.2) is 61.6 Å². The minimum absolute atomic E-state index is 0.0227. The van der Waals surface area contributed by atoms with E-state index in [1.165, 1.54) is 0 Å². The van der Waals surface area contributed by atoms with Gasteiger partial charge in [0.15, 0.2) is 11.4 Å². The van der Waals surface area contributed by atoms with Crippen LogP contribution in [0.1, 0.15) is 11.4 Å². The van der Waals surface area contributed by atoms with Crippen LogP contribution in [0.3, 0.4) is 0 Å². The van der Waals surface area contributed by atoms with Crippen LogP contribution in [-0.2, 0) is 20.0 Å². The molecule has 38 heavy (non-hydrogen) atoms.